The molecule has 0 unspecified atom stereocenters. The largest absolute Gasteiger partial charge is 0.432 e. The third-order valence-corrected chi connectivity index (χ3v) is 2.82. The van der Waals surface area contributed by atoms with Gasteiger partial charge in [-0.15, -0.1) is 0 Å². The minimum Gasteiger partial charge on any atom is -0.432 e. The first-order valence-corrected chi connectivity index (χ1v) is 5.64. The van der Waals surface area contributed by atoms with E-state index < -0.39 is 0 Å². The Morgan fingerprint density at radius 2 is 1.71 bits per heavy atom. The van der Waals surface area contributed by atoms with Crippen LogP contribution in [0.15, 0.2) is 54.6 Å². The summed E-state index contributed by atoms with van der Waals surface area (Å²) in [7, 11) is 1.61. The third-order valence-electron chi connectivity index (χ3n) is 2.82. The van der Waals surface area contributed by atoms with Crippen LogP contribution in [0.5, 0.6) is 0 Å². The Bertz CT molecular complexity index is 467. The van der Waals surface area contributed by atoms with Crippen LogP contribution in [0.1, 0.15) is 0 Å². The summed E-state index contributed by atoms with van der Waals surface area (Å²) in [4.78, 5) is 0. The van der Waals surface area contributed by atoms with E-state index in [4.69, 9.17) is 4.65 Å². The Hall–Kier alpha value is -1.58. The van der Waals surface area contributed by atoms with Crippen molar-refractivity contribution in [1.29, 1.82) is 0 Å². The molecule has 2 nitrogen and oxygen atoms in total. The van der Waals surface area contributed by atoms with E-state index in [1.807, 2.05) is 30.3 Å². The maximum Gasteiger partial charge on any atom is 0.353 e. The minimum atomic E-state index is -0.251. The maximum absolute atomic E-state index is 9.22. The molecule has 0 aliphatic rings. The number of aliphatic hydroxyl groups is 1. The summed E-state index contributed by atoms with van der Waals surface area (Å²) in [5, 5.41) is 9.22. The lowest BCUT2D eigenvalue weighted by Crippen LogP contribution is -2.36. The van der Waals surface area contributed by atoms with E-state index in [9.17, 15) is 5.11 Å². The van der Waals surface area contributed by atoms with Crippen molar-refractivity contribution >= 4 is 12.4 Å². The fourth-order valence-corrected chi connectivity index (χ4v) is 1.87. The molecule has 0 aromatic heterocycles. The first-order valence-electron chi connectivity index (χ1n) is 5.64. The molecule has 17 heavy (non-hydrogen) atoms. The van der Waals surface area contributed by atoms with E-state index in [1.165, 1.54) is 5.56 Å². The predicted molar refractivity (Wildman–Crippen MR) is 71.4 cm³/mol. The van der Waals surface area contributed by atoms with Crippen LogP contribution in [0.2, 0.25) is 0 Å². The molecule has 2 rings (SSSR count). The molecule has 0 radical (unpaired) electrons. The zero-order chi connectivity index (χ0) is 12.1. The number of benzene rings is 2. The lowest BCUT2D eigenvalue weighted by atomic mass is 9.62. The lowest BCUT2D eigenvalue weighted by Gasteiger charge is -2.10. The number of aliphatic hydroxyl groups excluding tert-OH is 1. The summed E-state index contributed by atoms with van der Waals surface area (Å²) in [6, 6.07) is 18.2. The Morgan fingerprint density at radius 3 is 2.35 bits per heavy atom. The molecule has 2 aromatic rings. The lowest BCUT2D eigenvalue weighted by molar-refractivity contribution is 0.322. The molecule has 0 atom stereocenters. The highest BCUT2D eigenvalue weighted by molar-refractivity contribution is 6.67. The Kier molecular flexibility index (Phi) is 3.96. The van der Waals surface area contributed by atoms with Gasteiger partial charge < -0.3 is 9.76 Å². The van der Waals surface area contributed by atoms with Crippen molar-refractivity contribution in [2.24, 2.45) is 0 Å². The van der Waals surface area contributed by atoms with Gasteiger partial charge in [0.1, 0.15) is 0 Å². The zero-order valence-electron chi connectivity index (χ0n) is 9.84. The molecule has 0 saturated carbocycles. The molecule has 3 heteroatoms. The summed E-state index contributed by atoms with van der Waals surface area (Å²) in [5.41, 5.74) is 3.30. The van der Waals surface area contributed by atoms with Crippen LogP contribution in [-0.2, 0) is 4.65 Å². The molecule has 0 heterocycles. The van der Waals surface area contributed by atoms with E-state index in [0.29, 0.717) is 0 Å². The molecular formula is C14H15BO2. The molecule has 1 N–H and O–H groups in total. The summed E-state index contributed by atoms with van der Waals surface area (Å²) < 4.78 is 5.23. The highest BCUT2D eigenvalue weighted by Crippen LogP contribution is 2.17. The smallest absolute Gasteiger partial charge is 0.353 e. The van der Waals surface area contributed by atoms with Crippen LogP contribution in [0.25, 0.3) is 11.1 Å². The van der Waals surface area contributed by atoms with Gasteiger partial charge in [0, 0.05) is 7.11 Å². The van der Waals surface area contributed by atoms with Crippen LogP contribution in [0.4, 0.5) is 0 Å². The van der Waals surface area contributed by atoms with Gasteiger partial charge in [-0.1, -0.05) is 54.6 Å². The molecule has 0 aliphatic carbocycles. The van der Waals surface area contributed by atoms with Crippen molar-refractivity contribution in [1.82, 2.24) is 0 Å². The van der Waals surface area contributed by atoms with Gasteiger partial charge in [-0.25, -0.2) is 0 Å². The fraction of sp³-hybridized carbons (Fsp3) is 0.143. The average molecular weight is 226 g/mol. The summed E-state index contributed by atoms with van der Waals surface area (Å²) >= 11 is 0. The average Bonchev–Trinajstić information content (AvgIpc) is 2.42. The summed E-state index contributed by atoms with van der Waals surface area (Å²) in [6.45, 7) is -0.256. The van der Waals surface area contributed by atoms with Crippen molar-refractivity contribution in [2.45, 2.75) is 0 Å². The molecule has 2 aromatic carbocycles. The Morgan fingerprint density at radius 1 is 1.00 bits per heavy atom. The minimum absolute atomic E-state index is 0.00522. The molecule has 0 saturated heterocycles. The molecule has 86 valence electrons. The fourth-order valence-electron chi connectivity index (χ4n) is 1.87. The zero-order valence-corrected chi connectivity index (χ0v) is 9.84. The second-order valence-corrected chi connectivity index (χ2v) is 3.90. The standard InChI is InChI=1S/C14H15BO2/c1-17-15(11-16)14-9-5-8-13(10-14)12-6-3-2-4-7-12/h2-10,16H,11H2,1H3. The summed E-state index contributed by atoms with van der Waals surface area (Å²) in [6.07, 6.45) is 0. The van der Waals surface area contributed by atoms with Gasteiger partial charge in [0.05, 0.1) is 6.51 Å². The normalized spacial score (nSPS) is 10.2. The molecule has 0 amide bonds. The first kappa shape index (κ1) is 11.9. The number of rotatable bonds is 4. The van der Waals surface area contributed by atoms with E-state index >= 15 is 0 Å². The van der Waals surface area contributed by atoms with Gasteiger partial charge in [-0.05, 0) is 16.6 Å². The van der Waals surface area contributed by atoms with Gasteiger partial charge in [0.2, 0.25) is 0 Å². The van der Waals surface area contributed by atoms with E-state index in [0.717, 1.165) is 11.0 Å². The van der Waals surface area contributed by atoms with E-state index in [1.54, 1.807) is 7.11 Å². The van der Waals surface area contributed by atoms with Gasteiger partial charge in [0.15, 0.2) is 0 Å². The third kappa shape index (κ3) is 2.76. The number of hydrogen-bond donors (Lipinski definition) is 1. The van der Waals surface area contributed by atoms with E-state index in [2.05, 4.69) is 24.3 Å². The Labute approximate surface area is 102 Å². The van der Waals surface area contributed by atoms with Gasteiger partial charge in [-0.2, -0.15) is 0 Å². The van der Waals surface area contributed by atoms with Crippen LogP contribution in [0, 0.1) is 0 Å². The quantitative estimate of drug-likeness (QED) is 0.804. The van der Waals surface area contributed by atoms with Crippen molar-refractivity contribution in [3.05, 3.63) is 54.6 Å². The molecule has 0 spiro atoms. The van der Waals surface area contributed by atoms with E-state index in [-0.39, 0.29) is 13.4 Å². The summed E-state index contributed by atoms with van der Waals surface area (Å²) in [5.74, 6) is 0. The molecule has 0 aliphatic heterocycles. The highest BCUT2D eigenvalue weighted by atomic mass is 16.4. The first-order chi connectivity index (χ1) is 8.35. The molecule has 0 bridgehead atoms. The van der Waals surface area contributed by atoms with Crippen LogP contribution >= 0.6 is 0 Å². The predicted octanol–water partition coefficient (Wildman–Crippen LogP) is 1.73. The van der Waals surface area contributed by atoms with Crippen molar-refractivity contribution in [3.63, 3.8) is 0 Å². The van der Waals surface area contributed by atoms with Gasteiger partial charge in [0.25, 0.3) is 0 Å². The molecular weight excluding hydrogens is 211 g/mol. The van der Waals surface area contributed by atoms with Crippen LogP contribution < -0.4 is 5.46 Å². The Balaban J connectivity index is 2.35. The SMILES string of the molecule is COB(CO)c1cccc(-c2ccccc2)c1. The van der Waals surface area contributed by atoms with Crippen molar-refractivity contribution < 1.29 is 9.76 Å². The van der Waals surface area contributed by atoms with Crippen LogP contribution in [-0.4, -0.2) is 25.6 Å². The monoisotopic (exact) mass is 226 g/mol. The van der Waals surface area contributed by atoms with Crippen molar-refractivity contribution in [3.8, 4) is 11.1 Å². The van der Waals surface area contributed by atoms with Crippen LogP contribution in [0.3, 0.4) is 0 Å². The van der Waals surface area contributed by atoms with Gasteiger partial charge in [-0.3, -0.25) is 0 Å². The number of hydrogen-bond acceptors (Lipinski definition) is 2. The topological polar surface area (TPSA) is 29.5 Å². The second kappa shape index (κ2) is 5.66. The highest BCUT2D eigenvalue weighted by Gasteiger charge is 2.15. The van der Waals surface area contributed by atoms with Crippen molar-refractivity contribution in [2.75, 3.05) is 13.6 Å². The molecule has 0 fully saturated rings. The van der Waals surface area contributed by atoms with Gasteiger partial charge >= 0.3 is 6.92 Å². The second-order valence-electron chi connectivity index (χ2n) is 3.90. The maximum atomic E-state index is 9.22.